The third-order valence-electron chi connectivity index (χ3n) is 6.61. The lowest BCUT2D eigenvalue weighted by Gasteiger charge is -2.32. The molecule has 1 fully saturated rings. The van der Waals surface area contributed by atoms with Crippen molar-refractivity contribution in [3.05, 3.63) is 54.6 Å². The first kappa shape index (κ1) is 19.0. The van der Waals surface area contributed by atoms with Gasteiger partial charge in [-0.1, -0.05) is 18.2 Å². The average Bonchev–Trinajstić information content (AvgIpc) is 3.34. The Kier molecular flexibility index (Phi) is 4.25. The Labute approximate surface area is 184 Å². The van der Waals surface area contributed by atoms with Gasteiger partial charge in [-0.3, -0.25) is 9.69 Å². The molecule has 1 saturated heterocycles. The summed E-state index contributed by atoms with van der Waals surface area (Å²) in [7, 11) is 0. The monoisotopic (exact) mass is 426 g/mol. The average molecular weight is 426 g/mol. The fourth-order valence-electron chi connectivity index (χ4n) is 5.09. The van der Waals surface area contributed by atoms with Crippen molar-refractivity contribution in [2.24, 2.45) is 0 Å². The number of benzene rings is 1. The zero-order valence-electron chi connectivity index (χ0n) is 17.7. The van der Waals surface area contributed by atoms with Gasteiger partial charge in [-0.05, 0) is 50.6 Å². The van der Waals surface area contributed by atoms with Gasteiger partial charge in [0.05, 0.1) is 23.5 Å². The van der Waals surface area contributed by atoms with Crippen LogP contribution in [0, 0.1) is 0 Å². The Balaban J connectivity index is 1.58. The third kappa shape index (κ3) is 2.54. The van der Waals surface area contributed by atoms with Crippen molar-refractivity contribution in [1.29, 1.82) is 0 Å². The molecule has 4 aromatic rings. The second-order valence-corrected chi connectivity index (χ2v) is 8.17. The summed E-state index contributed by atoms with van der Waals surface area (Å²) in [6.07, 6.45) is 6.38. The molecular weight excluding hydrogens is 404 g/mol. The van der Waals surface area contributed by atoms with E-state index in [0.29, 0.717) is 23.5 Å². The highest BCUT2D eigenvalue weighted by molar-refractivity contribution is 6.15. The van der Waals surface area contributed by atoms with Crippen LogP contribution in [-0.4, -0.2) is 48.7 Å². The minimum Gasteiger partial charge on any atom is -0.317 e. The van der Waals surface area contributed by atoms with E-state index >= 15 is 0 Å². The molecule has 0 radical (unpaired) electrons. The van der Waals surface area contributed by atoms with Crippen LogP contribution in [0.1, 0.15) is 25.3 Å². The number of hydrogen-bond acceptors (Lipinski definition) is 7. The van der Waals surface area contributed by atoms with Crippen LogP contribution in [0.5, 0.6) is 0 Å². The number of aryl methyl sites for hydroxylation is 1. The molecule has 32 heavy (non-hydrogen) atoms. The van der Waals surface area contributed by atoms with Gasteiger partial charge in [0.2, 0.25) is 5.91 Å². The van der Waals surface area contributed by atoms with E-state index in [1.54, 1.807) is 17.3 Å². The lowest BCUT2D eigenvalue weighted by molar-refractivity contribution is -0.123. The maximum Gasteiger partial charge on any atom is 0.243 e. The summed E-state index contributed by atoms with van der Waals surface area (Å²) in [6, 6.07) is 9.93. The molecule has 1 spiro atoms. The maximum absolute atomic E-state index is 14.0. The topological polar surface area (TPSA) is 102 Å². The van der Waals surface area contributed by atoms with Crippen molar-refractivity contribution in [3.8, 4) is 11.4 Å². The van der Waals surface area contributed by atoms with E-state index in [4.69, 9.17) is 4.98 Å². The lowest BCUT2D eigenvalue weighted by Crippen LogP contribution is -2.46. The number of imidazole rings is 1. The molecule has 0 atom stereocenters. The number of rotatable bonds is 3. The van der Waals surface area contributed by atoms with Gasteiger partial charge in [-0.25, -0.2) is 15.0 Å². The highest BCUT2D eigenvalue weighted by atomic mass is 16.2. The Bertz CT molecular complexity index is 1330. The summed E-state index contributed by atoms with van der Waals surface area (Å²) in [5, 5.41) is 11.3. The van der Waals surface area contributed by atoms with Crippen molar-refractivity contribution in [1.82, 2.24) is 35.0 Å². The van der Waals surface area contributed by atoms with Gasteiger partial charge in [0.25, 0.3) is 0 Å². The molecule has 6 rings (SSSR count). The molecule has 2 aliphatic rings. The van der Waals surface area contributed by atoms with Crippen LogP contribution in [0.2, 0.25) is 0 Å². The molecule has 9 nitrogen and oxygen atoms in total. The number of fused-ring (bicyclic) bond motifs is 3. The number of nitrogens with one attached hydrogen (secondary N) is 1. The van der Waals surface area contributed by atoms with Crippen LogP contribution in [0.25, 0.3) is 22.6 Å². The Morgan fingerprint density at radius 3 is 2.72 bits per heavy atom. The molecule has 0 unspecified atom stereocenters. The van der Waals surface area contributed by atoms with Gasteiger partial charge in [-0.15, -0.1) is 0 Å². The van der Waals surface area contributed by atoms with E-state index in [2.05, 4.69) is 31.5 Å². The summed E-state index contributed by atoms with van der Waals surface area (Å²) in [5.41, 5.74) is 3.58. The molecule has 160 valence electrons. The highest BCUT2D eigenvalue weighted by Crippen LogP contribution is 2.50. The fraction of sp³-hybridized carbons (Fsp3) is 0.304. The van der Waals surface area contributed by atoms with Gasteiger partial charge in [0.1, 0.15) is 12.2 Å². The van der Waals surface area contributed by atoms with Gasteiger partial charge in [0, 0.05) is 12.1 Å². The number of anilines is 2. The van der Waals surface area contributed by atoms with Gasteiger partial charge < -0.3 is 9.88 Å². The zero-order valence-corrected chi connectivity index (χ0v) is 17.7. The second-order valence-electron chi connectivity index (χ2n) is 8.17. The predicted octanol–water partition coefficient (Wildman–Crippen LogP) is 2.60. The first-order chi connectivity index (χ1) is 15.7. The molecule has 1 amide bonds. The summed E-state index contributed by atoms with van der Waals surface area (Å²) >= 11 is 0. The second kappa shape index (κ2) is 7.16. The van der Waals surface area contributed by atoms with Crippen LogP contribution in [0.4, 0.5) is 11.5 Å². The number of aromatic nitrogens is 6. The number of hydrogen-bond donors (Lipinski definition) is 1. The van der Waals surface area contributed by atoms with Crippen molar-refractivity contribution < 1.29 is 4.79 Å². The molecule has 5 heterocycles. The highest BCUT2D eigenvalue weighted by Gasteiger charge is 2.52. The largest absolute Gasteiger partial charge is 0.317 e. The third-order valence-corrected chi connectivity index (χ3v) is 6.61. The number of amides is 1. The number of piperidine rings is 1. The van der Waals surface area contributed by atoms with Crippen LogP contribution >= 0.6 is 0 Å². The summed E-state index contributed by atoms with van der Waals surface area (Å²) < 4.78 is 2.02. The predicted molar refractivity (Wildman–Crippen MR) is 119 cm³/mol. The van der Waals surface area contributed by atoms with Crippen molar-refractivity contribution in [2.45, 2.75) is 31.7 Å². The van der Waals surface area contributed by atoms with Gasteiger partial charge in [-0.2, -0.15) is 10.2 Å². The molecule has 3 aromatic heterocycles. The summed E-state index contributed by atoms with van der Waals surface area (Å²) in [6.45, 7) is 4.35. The number of carbonyl (C=O) groups excluding carboxylic acids is 1. The molecular formula is C23H22N8O. The Morgan fingerprint density at radius 2 is 1.94 bits per heavy atom. The molecule has 9 heteroatoms. The van der Waals surface area contributed by atoms with Gasteiger partial charge in [0.15, 0.2) is 17.0 Å². The first-order valence-electron chi connectivity index (χ1n) is 10.9. The van der Waals surface area contributed by atoms with E-state index in [1.807, 2.05) is 35.8 Å². The Hall–Kier alpha value is -3.72. The van der Waals surface area contributed by atoms with Gasteiger partial charge >= 0.3 is 0 Å². The van der Waals surface area contributed by atoms with E-state index in [0.717, 1.165) is 48.6 Å². The molecule has 0 bridgehead atoms. The summed E-state index contributed by atoms with van der Waals surface area (Å²) in [5.74, 6) is 1.33. The molecule has 1 aromatic carbocycles. The minimum absolute atomic E-state index is 0.0679. The molecule has 0 saturated carbocycles. The normalized spacial score (nSPS) is 17.3. The van der Waals surface area contributed by atoms with Crippen LogP contribution in [0.3, 0.4) is 0 Å². The number of para-hydroxylation sites is 1. The van der Waals surface area contributed by atoms with E-state index in [-0.39, 0.29) is 5.91 Å². The zero-order chi connectivity index (χ0) is 21.7. The SMILES string of the molecule is CCn1c(-c2ccnnc2)nc2c(N3C(=O)C4(CCNCC4)c4ccccc43)ncnc21. The maximum atomic E-state index is 14.0. The number of carbonyl (C=O) groups is 1. The smallest absolute Gasteiger partial charge is 0.243 e. The molecule has 0 aliphatic carbocycles. The van der Waals surface area contributed by atoms with Crippen LogP contribution in [-0.2, 0) is 16.8 Å². The van der Waals surface area contributed by atoms with Crippen molar-refractivity contribution in [2.75, 3.05) is 18.0 Å². The minimum atomic E-state index is -0.524. The number of nitrogens with zero attached hydrogens (tertiary/aromatic N) is 7. The summed E-state index contributed by atoms with van der Waals surface area (Å²) in [4.78, 5) is 29.8. The molecule has 2 aliphatic heterocycles. The molecule has 1 N–H and O–H groups in total. The Morgan fingerprint density at radius 1 is 1.09 bits per heavy atom. The van der Waals surface area contributed by atoms with Crippen LogP contribution in [0.15, 0.2) is 49.1 Å². The van der Waals surface area contributed by atoms with Crippen molar-refractivity contribution >= 4 is 28.6 Å². The standard InChI is InChI=1S/C23H22N8O/c1-2-30-19(15-7-10-27-28-13-15)29-18-20(30)25-14-26-21(18)31-17-6-4-3-5-16(17)23(22(31)32)8-11-24-12-9-23/h3-7,10,13-14,24H,2,8-9,11-12H2,1H3. The fourth-order valence-corrected chi connectivity index (χ4v) is 5.09. The van der Waals surface area contributed by atoms with Crippen LogP contribution < -0.4 is 10.2 Å². The quantitative estimate of drug-likeness (QED) is 0.537. The van der Waals surface area contributed by atoms with E-state index < -0.39 is 5.41 Å². The first-order valence-corrected chi connectivity index (χ1v) is 10.9. The van der Waals surface area contributed by atoms with Crippen molar-refractivity contribution in [3.63, 3.8) is 0 Å². The van der Waals surface area contributed by atoms with E-state index in [9.17, 15) is 4.79 Å². The lowest BCUT2D eigenvalue weighted by atomic mass is 9.74. The van der Waals surface area contributed by atoms with E-state index in [1.165, 1.54) is 6.33 Å².